The van der Waals surface area contributed by atoms with Crippen molar-refractivity contribution in [2.24, 2.45) is 0 Å². The maximum Gasteiger partial charge on any atom is 0.249 e. The van der Waals surface area contributed by atoms with Gasteiger partial charge >= 0.3 is 0 Å². The molecule has 20 heavy (non-hydrogen) atoms. The van der Waals surface area contributed by atoms with Gasteiger partial charge in [0.05, 0.1) is 6.20 Å². The molecular weight excluding hydrogens is 250 g/mol. The van der Waals surface area contributed by atoms with Crippen LogP contribution in [0.3, 0.4) is 0 Å². The second kappa shape index (κ2) is 6.32. The van der Waals surface area contributed by atoms with Crippen molar-refractivity contribution in [2.75, 3.05) is 23.3 Å². The van der Waals surface area contributed by atoms with Crippen molar-refractivity contribution in [3.8, 4) is 0 Å². The Hall–Kier alpha value is -2.17. The highest BCUT2D eigenvalue weighted by Gasteiger charge is 2.12. The molecular formula is C15H19N5. The summed E-state index contributed by atoms with van der Waals surface area (Å²) in [5.41, 5.74) is 0.974. The fourth-order valence-corrected chi connectivity index (χ4v) is 2.45. The molecule has 2 aromatic rings. The van der Waals surface area contributed by atoms with Crippen LogP contribution in [0.25, 0.3) is 0 Å². The average Bonchev–Trinajstić information content (AvgIpc) is 2.78. The summed E-state index contributed by atoms with van der Waals surface area (Å²) in [6.45, 7) is 2.12. The molecule has 0 bridgehead atoms. The van der Waals surface area contributed by atoms with Crippen LogP contribution in [-0.2, 0) is 0 Å². The van der Waals surface area contributed by atoms with Gasteiger partial charge in [-0.15, -0.1) is 5.10 Å². The highest BCUT2D eigenvalue weighted by molar-refractivity contribution is 5.53. The highest BCUT2D eigenvalue weighted by atomic mass is 15.3. The van der Waals surface area contributed by atoms with E-state index in [9.17, 15) is 0 Å². The van der Waals surface area contributed by atoms with E-state index in [2.05, 4.69) is 25.4 Å². The molecule has 3 rings (SSSR count). The first-order valence-electron chi connectivity index (χ1n) is 7.18. The molecule has 0 radical (unpaired) electrons. The van der Waals surface area contributed by atoms with Crippen molar-refractivity contribution in [1.29, 1.82) is 0 Å². The molecule has 0 unspecified atom stereocenters. The molecule has 1 aromatic carbocycles. The number of benzene rings is 1. The first kappa shape index (κ1) is 12.8. The lowest BCUT2D eigenvalue weighted by Crippen LogP contribution is -2.25. The van der Waals surface area contributed by atoms with Gasteiger partial charge in [-0.25, -0.2) is 0 Å². The molecule has 5 nitrogen and oxygen atoms in total. The third-order valence-electron chi connectivity index (χ3n) is 3.51. The molecule has 0 aliphatic carbocycles. The summed E-state index contributed by atoms with van der Waals surface area (Å²) in [5, 5.41) is 11.3. The van der Waals surface area contributed by atoms with E-state index in [0.29, 0.717) is 5.95 Å². The molecule has 1 saturated heterocycles. The number of para-hydroxylation sites is 1. The van der Waals surface area contributed by atoms with E-state index in [0.717, 1.165) is 24.6 Å². The van der Waals surface area contributed by atoms with Gasteiger partial charge in [-0.3, -0.25) is 0 Å². The number of hydrogen-bond donors (Lipinski definition) is 1. The maximum absolute atomic E-state index is 4.57. The minimum absolute atomic E-state index is 0.554. The van der Waals surface area contributed by atoms with Gasteiger partial charge in [-0.1, -0.05) is 31.0 Å². The van der Waals surface area contributed by atoms with Crippen molar-refractivity contribution < 1.29 is 0 Å². The molecule has 1 N–H and O–H groups in total. The van der Waals surface area contributed by atoms with E-state index in [1.165, 1.54) is 25.7 Å². The lowest BCUT2D eigenvalue weighted by Gasteiger charge is -2.20. The normalized spacial score (nSPS) is 15.7. The molecule has 0 spiro atoms. The van der Waals surface area contributed by atoms with Crippen LogP contribution in [0.15, 0.2) is 36.5 Å². The van der Waals surface area contributed by atoms with Crippen molar-refractivity contribution in [2.45, 2.75) is 25.7 Å². The molecule has 1 fully saturated rings. The van der Waals surface area contributed by atoms with Crippen LogP contribution < -0.4 is 10.2 Å². The standard InChI is InChI=1S/C15H19N5/c1-2-7-11-20(10-6-1)14-12-16-19-15(18-14)17-13-8-4-3-5-9-13/h3-5,8-9,12H,1-2,6-7,10-11H2,(H,17,18,19). The first-order valence-corrected chi connectivity index (χ1v) is 7.18. The number of aromatic nitrogens is 3. The van der Waals surface area contributed by atoms with E-state index in [1.54, 1.807) is 6.20 Å². The van der Waals surface area contributed by atoms with E-state index in [4.69, 9.17) is 0 Å². The van der Waals surface area contributed by atoms with Crippen LogP contribution in [0.2, 0.25) is 0 Å². The molecule has 0 amide bonds. The third-order valence-corrected chi connectivity index (χ3v) is 3.51. The Labute approximate surface area is 119 Å². The Bertz CT molecular complexity index is 535. The second-order valence-corrected chi connectivity index (χ2v) is 5.03. The summed E-state index contributed by atoms with van der Waals surface area (Å²) < 4.78 is 0. The van der Waals surface area contributed by atoms with Crippen LogP contribution in [0.1, 0.15) is 25.7 Å². The Kier molecular flexibility index (Phi) is 4.06. The summed E-state index contributed by atoms with van der Waals surface area (Å²) in [6, 6.07) is 9.92. The highest BCUT2D eigenvalue weighted by Crippen LogP contribution is 2.18. The van der Waals surface area contributed by atoms with Crippen LogP contribution >= 0.6 is 0 Å². The molecule has 5 heteroatoms. The minimum atomic E-state index is 0.554. The van der Waals surface area contributed by atoms with Gasteiger partial charge in [0.2, 0.25) is 5.95 Å². The monoisotopic (exact) mass is 269 g/mol. The summed E-state index contributed by atoms with van der Waals surface area (Å²) in [5.74, 6) is 1.47. The third kappa shape index (κ3) is 3.23. The molecule has 0 atom stereocenters. The Morgan fingerprint density at radius 2 is 1.70 bits per heavy atom. The molecule has 1 aliphatic heterocycles. The van der Waals surface area contributed by atoms with Crippen molar-refractivity contribution >= 4 is 17.5 Å². The number of nitrogens with one attached hydrogen (secondary N) is 1. The summed E-state index contributed by atoms with van der Waals surface area (Å²) in [4.78, 5) is 6.88. The molecule has 2 heterocycles. The van der Waals surface area contributed by atoms with Crippen LogP contribution in [0.4, 0.5) is 17.5 Å². The summed E-state index contributed by atoms with van der Waals surface area (Å²) >= 11 is 0. The topological polar surface area (TPSA) is 53.9 Å². The Morgan fingerprint density at radius 1 is 0.950 bits per heavy atom. The number of rotatable bonds is 3. The zero-order valence-corrected chi connectivity index (χ0v) is 11.5. The average molecular weight is 269 g/mol. The van der Waals surface area contributed by atoms with E-state index >= 15 is 0 Å². The van der Waals surface area contributed by atoms with Gasteiger partial charge < -0.3 is 10.2 Å². The lowest BCUT2D eigenvalue weighted by molar-refractivity contribution is 0.726. The van der Waals surface area contributed by atoms with Gasteiger partial charge in [-0.05, 0) is 25.0 Å². The fourth-order valence-electron chi connectivity index (χ4n) is 2.45. The zero-order chi connectivity index (χ0) is 13.6. The number of nitrogens with zero attached hydrogens (tertiary/aromatic N) is 4. The molecule has 0 saturated carbocycles. The van der Waals surface area contributed by atoms with E-state index in [-0.39, 0.29) is 0 Å². The zero-order valence-electron chi connectivity index (χ0n) is 11.5. The maximum atomic E-state index is 4.57. The van der Waals surface area contributed by atoms with Gasteiger partial charge in [0.25, 0.3) is 0 Å². The number of anilines is 3. The SMILES string of the molecule is c1ccc(Nc2nncc(N3CCCCCC3)n2)cc1. The van der Waals surface area contributed by atoms with Crippen molar-refractivity contribution in [3.63, 3.8) is 0 Å². The quantitative estimate of drug-likeness (QED) is 0.928. The van der Waals surface area contributed by atoms with Gasteiger partial charge in [0.15, 0.2) is 5.82 Å². The first-order chi connectivity index (χ1) is 9.92. The molecule has 104 valence electrons. The Balaban J connectivity index is 1.75. The second-order valence-electron chi connectivity index (χ2n) is 5.03. The predicted molar refractivity (Wildman–Crippen MR) is 80.2 cm³/mol. The Morgan fingerprint density at radius 3 is 2.45 bits per heavy atom. The smallest absolute Gasteiger partial charge is 0.249 e. The molecule has 1 aliphatic rings. The van der Waals surface area contributed by atoms with E-state index < -0.39 is 0 Å². The molecule has 1 aromatic heterocycles. The predicted octanol–water partition coefficient (Wildman–Crippen LogP) is 3.00. The summed E-state index contributed by atoms with van der Waals surface area (Å²) in [7, 11) is 0. The van der Waals surface area contributed by atoms with Crippen LogP contribution in [0.5, 0.6) is 0 Å². The van der Waals surface area contributed by atoms with Gasteiger partial charge in [0, 0.05) is 18.8 Å². The number of hydrogen-bond acceptors (Lipinski definition) is 5. The van der Waals surface area contributed by atoms with Crippen LogP contribution in [0, 0.1) is 0 Å². The lowest BCUT2D eigenvalue weighted by atomic mass is 10.2. The minimum Gasteiger partial charge on any atom is -0.355 e. The van der Waals surface area contributed by atoms with Crippen molar-refractivity contribution in [3.05, 3.63) is 36.5 Å². The van der Waals surface area contributed by atoms with Crippen molar-refractivity contribution in [1.82, 2.24) is 15.2 Å². The largest absolute Gasteiger partial charge is 0.355 e. The van der Waals surface area contributed by atoms with Gasteiger partial charge in [-0.2, -0.15) is 10.1 Å². The fraction of sp³-hybridized carbons (Fsp3) is 0.400. The van der Waals surface area contributed by atoms with E-state index in [1.807, 2.05) is 30.3 Å². The summed E-state index contributed by atoms with van der Waals surface area (Å²) in [6.07, 6.45) is 6.83. The van der Waals surface area contributed by atoms with Crippen LogP contribution in [-0.4, -0.2) is 28.3 Å². The van der Waals surface area contributed by atoms with Gasteiger partial charge in [0.1, 0.15) is 0 Å².